The van der Waals surface area contributed by atoms with Crippen molar-refractivity contribution in [3.8, 4) is 5.75 Å². The number of morpholine rings is 1. The molecule has 0 spiro atoms. The average molecular weight is 467 g/mol. The minimum absolute atomic E-state index is 0.117. The second-order valence-corrected chi connectivity index (χ2v) is 8.26. The highest BCUT2D eigenvalue weighted by Crippen LogP contribution is 2.38. The van der Waals surface area contributed by atoms with Gasteiger partial charge in [0.15, 0.2) is 0 Å². The number of carbonyl (C=O) groups excluding carboxylic acids is 2. The number of halogens is 1. The van der Waals surface area contributed by atoms with Crippen molar-refractivity contribution in [2.24, 2.45) is 0 Å². The minimum Gasteiger partial charge on any atom is -0.872 e. The molecule has 4 rings (SSSR count). The molecule has 8 heteroatoms. The van der Waals surface area contributed by atoms with Crippen molar-refractivity contribution in [2.45, 2.75) is 6.04 Å². The normalized spacial score (nSPS) is 20.5. The number of carbonyl (C=O) groups is 2. The first-order chi connectivity index (χ1) is 16.5. The van der Waals surface area contributed by atoms with Crippen LogP contribution in [0.5, 0.6) is 5.75 Å². The summed E-state index contributed by atoms with van der Waals surface area (Å²) in [6, 6.07) is 11.1. The van der Waals surface area contributed by atoms with E-state index in [1.807, 2.05) is 0 Å². The van der Waals surface area contributed by atoms with Gasteiger partial charge in [0.1, 0.15) is 31.3 Å². The van der Waals surface area contributed by atoms with E-state index in [4.69, 9.17) is 9.47 Å². The molecule has 1 N–H and O–H groups in total. The molecule has 0 radical (unpaired) electrons. The van der Waals surface area contributed by atoms with Crippen LogP contribution in [0, 0.1) is 5.82 Å². The highest BCUT2D eigenvalue weighted by atomic mass is 19.1. The van der Waals surface area contributed by atoms with Crippen molar-refractivity contribution in [3.05, 3.63) is 83.7 Å². The summed E-state index contributed by atoms with van der Waals surface area (Å²) in [6.07, 6.45) is 1.61. The van der Waals surface area contributed by atoms with Crippen molar-refractivity contribution in [1.82, 2.24) is 4.90 Å². The molecular formula is C26H27FN2O5. The molecule has 1 amide bonds. The molecule has 2 fully saturated rings. The molecule has 178 valence electrons. The minimum atomic E-state index is -0.870. The van der Waals surface area contributed by atoms with E-state index < -0.39 is 29.3 Å². The number of ketones is 1. The average Bonchev–Trinajstić information content (AvgIpc) is 3.12. The number of Topliss-reactive ketones (excluding diaryl/α,β-unsaturated/α-hetero) is 1. The SMILES string of the molecule is C=CCOc1ccc(C([O-])=C2C(=O)C(=O)N(CC[NH+]3CCOCC3)C2c2ccc(F)cc2)cc1. The van der Waals surface area contributed by atoms with Crippen molar-refractivity contribution in [3.63, 3.8) is 0 Å². The molecule has 2 aromatic rings. The molecule has 2 aliphatic rings. The standard InChI is InChI=1S/C26H27FN2O5/c1-2-15-34-21-9-5-19(6-10-21)24(30)22-23(18-3-7-20(27)8-4-18)29(26(32)25(22)31)12-11-28-13-16-33-17-14-28/h2-10,23,30H,1,11-17H2. The number of ether oxygens (including phenoxy) is 2. The molecule has 0 aliphatic carbocycles. The molecule has 0 aromatic heterocycles. The summed E-state index contributed by atoms with van der Waals surface area (Å²) in [6.45, 7) is 7.75. The van der Waals surface area contributed by atoms with Crippen LogP contribution in [-0.4, -0.2) is 62.6 Å². The van der Waals surface area contributed by atoms with E-state index in [9.17, 15) is 19.1 Å². The largest absolute Gasteiger partial charge is 0.872 e. The number of quaternary nitrogens is 1. The predicted octanol–water partition coefficient (Wildman–Crippen LogP) is 0.530. The van der Waals surface area contributed by atoms with E-state index in [1.54, 1.807) is 30.3 Å². The Bertz CT molecular complexity index is 1080. The van der Waals surface area contributed by atoms with E-state index in [0.29, 0.717) is 44.2 Å². The number of hydrogen-bond acceptors (Lipinski definition) is 5. The Hall–Kier alpha value is -3.49. The molecule has 34 heavy (non-hydrogen) atoms. The molecule has 1 atom stereocenters. The number of hydrogen-bond donors (Lipinski definition) is 1. The molecular weight excluding hydrogens is 439 g/mol. The monoisotopic (exact) mass is 466 g/mol. The van der Waals surface area contributed by atoms with Gasteiger partial charge in [-0.25, -0.2) is 4.39 Å². The summed E-state index contributed by atoms with van der Waals surface area (Å²) < 4.78 is 24.4. The van der Waals surface area contributed by atoms with Crippen LogP contribution in [-0.2, 0) is 14.3 Å². The fraction of sp³-hybridized carbons (Fsp3) is 0.308. The van der Waals surface area contributed by atoms with Gasteiger partial charge >= 0.3 is 0 Å². The molecule has 0 saturated carbocycles. The maximum Gasteiger partial charge on any atom is 0.295 e. The molecule has 2 aliphatic heterocycles. The zero-order valence-electron chi connectivity index (χ0n) is 18.8. The maximum atomic E-state index is 13.6. The van der Waals surface area contributed by atoms with Gasteiger partial charge < -0.3 is 24.4 Å². The Labute approximate surface area is 197 Å². The van der Waals surface area contributed by atoms with E-state index in [0.717, 1.165) is 13.1 Å². The van der Waals surface area contributed by atoms with Crippen LogP contribution in [0.4, 0.5) is 4.39 Å². The Kier molecular flexibility index (Phi) is 7.40. The smallest absolute Gasteiger partial charge is 0.295 e. The van der Waals surface area contributed by atoms with Gasteiger partial charge in [-0.05, 0) is 35.4 Å². The fourth-order valence-corrected chi connectivity index (χ4v) is 4.29. The van der Waals surface area contributed by atoms with Gasteiger partial charge in [0, 0.05) is 5.57 Å². The van der Waals surface area contributed by atoms with Gasteiger partial charge in [-0.2, -0.15) is 0 Å². The number of benzene rings is 2. The highest BCUT2D eigenvalue weighted by Gasteiger charge is 2.44. The first-order valence-electron chi connectivity index (χ1n) is 11.3. The van der Waals surface area contributed by atoms with E-state index in [-0.39, 0.29) is 11.1 Å². The zero-order valence-corrected chi connectivity index (χ0v) is 18.8. The highest BCUT2D eigenvalue weighted by molar-refractivity contribution is 6.46. The van der Waals surface area contributed by atoms with Gasteiger partial charge in [0.05, 0.1) is 32.3 Å². The summed E-state index contributed by atoms with van der Waals surface area (Å²) in [5.41, 5.74) is 0.676. The summed E-state index contributed by atoms with van der Waals surface area (Å²) in [7, 11) is 0. The van der Waals surface area contributed by atoms with Gasteiger partial charge in [-0.3, -0.25) is 9.59 Å². The Morgan fingerprint density at radius 1 is 1.15 bits per heavy atom. The summed E-state index contributed by atoms with van der Waals surface area (Å²) >= 11 is 0. The van der Waals surface area contributed by atoms with Gasteiger partial charge in [-0.15, -0.1) is 0 Å². The van der Waals surface area contributed by atoms with Crippen LogP contribution in [0.15, 0.2) is 66.8 Å². The van der Waals surface area contributed by atoms with Crippen LogP contribution < -0.4 is 14.7 Å². The van der Waals surface area contributed by atoms with Crippen molar-refractivity contribution >= 4 is 17.4 Å². The lowest BCUT2D eigenvalue weighted by Crippen LogP contribution is -3.14. The molecule has 1 unspecified atom stereocenters. The first-order valence-corrected chi connectivity index (χ1v) is 11.3. The van der Waals surface area contributed by atoms with Gasteiger partial charge in [0.2, 0.25) is 5.78 Å². The number of nitrogens with zero attached hydrogens (tertiary/aromatic N) is 1. The quantitative estimate of drug-likeness (QED) is 0.266. The number of rotatable bonds is 8. The number of amides is 1. The maximum absolute atomic E-state index is 13.6. The van der Waals surface area contributed by atoms with E-state index in [2.05, 4.69) is 6.58 Å². The molecule has 0 bridgehead atoms. The third-order valence-electron chi connectivity index (χ3n) is 6.11. The topological polar surface area (TPSA) is 83.3 Å². The summed E-state index contributed by atoms with van der Waals surface area (Å²) in [4.78, 5) is 28.8. The van der Waals surface area contributed by atoms with Crippen LogP contribution in [0.25, 0.3) is 5.76 Å². The lowest BCUT2D eigenvalue weighted by molar-refractivity contribution is -0.907. The Morgan fingerprint density at radius 2 is 1.82 bits per heavy atom. The van der Waals surface area contributed by atoms with Crippen LogP contribution in [0.1, 0.15) is 17.2 Å². The second-order valence-electron chi connectivity index (χ2n) is 8.26. The molecule has 2 aromatic carbocycles. The van der Waals surface area contributed by atoms with Gasteiger partial charge in [-0.1, -0.05) is 42.7 Å². The van der Waals surface area contributed by atoms with Crippen molar-refractivity contribution < 1.29 is 33.5 Å². The lowest BCUT2D eigenvalue weighted by Gasteiger charge is -2.30. The lowest BCUT2D eigenvalue weighted by atomic mass is 9.95. The Morgan fingerprint density at radius 3 is 2.47 bits per heavy atom. The van der Waals surface area contributed by atoms with Crippen molar-refractivity contribution in [1.29, 1.82) is 0 Å². The molecule has 2 heterocycles. The molecule has 7 nitrogen and oxygen atoms in total. The summed E-state index contributed by atoms with van der Waals surface area (Å²) in [5, 5.41) is 13.4. The van der Waals surface area contributed by atoms with Crippen LogP contribution >= 0.6 is 0 Å². The van der Waals surface area contributed by atoms with Crippen LogP contribution in [0.3, 0.4) is 0 Å². The van der Waals surface area contributed by atoms with E-state index in [1.165, 1.54) is 34.1 Å². The van der Waals surface area contributed by atoms with Gasteiger partial charge in [0.25, 0.3) is 5.91 Å². The third kappa shape index (κ3) is 5.03. The van der Waals surface area contributed by atoms with E-state index >= 15 is 0 Å². The predicted molar refractivity (Wildman–Crippen MR) is 121 cm³/mol. The first kappa shape index (κ1) is 23.7. The zero-order chi connectivity index (χ0) is 24.1. The Balaban J connectivity index is 1.68. The number of likely N-dealkylation sites (tertiary alicyclic amines) is 1. The van der Waals surface area contributed by atoms with Crippen molar-refractivity contribution in [2.75, 3.05) is 46.0 Å². The summed E-state index contributed by atoms with van der Waals surface area (Å²) in [5.74, 6) is -1.93. The molecule has 2 saturated heterocycles. The number of nitrogens with one attached hydrogen (secondary N) is 1. The fourth-order valence-electron chi connectivity index (χ4n) is 4.29. The third-order valence-corrected chi connectivity index (χ3v) is 6.11. The second kappa shape index (κ2) is 10.6. The van der Waals surface area contributed by atoms with Crippen LogP contribution in [0.2, 0.25) is 0 Å².